The van der Waals surface area contributed by atoms with Crippen molar-refractivity contribution in [3.63, 3.8) is 0 Å². The van der Waals surface area contributed by atoms with Crippen molar-refractivity contribution in [3.05, 3.63) is 42.1 Å². The molecule has 0 spiro atoms. The van der Waals surface area contributed by atoms with Crippen LogP contribution in [-0.4, -0.2) is 4.98 Å². The Morgan fingerprint density at radius 3 is 2.64 bits per heavy atom. The number of nitrogens with zero attached hydrogens (tertiary/aromatic N) is 1. The first-order chi connectivity index (χ1) is 6.59. The predicted molar refractivity (Wildman–Crippen MR) is 45.6 cm³/mol. The summed E-state index contributed by atoms with van der Waals surface area (Å²) in [5, 5.41) is 0.471. The van der Waals surface area contributed by atoms with Crippen molar-refractivity contribution in [2.75, 3.05) is 0 Å². The highest BCUT2D eigenvalue weighted by molar-refractivity contribution is 5.81. The molecule has 2 aromatic rings. The van der Waals surface area contributed by atoms with Crippen molar-refractivity contribution in [1.82, 2.24) is 4.98 Å². The van der Waals surface area contributed by atoms with Crippen LogP contribution in [-0.2, 0) is 6.18 Å². The van der Waals surface area contributed by atoms with Crippen LogP contribution in [0.2, 0.25) is 0 Å². The summed E-state index contributed by atoms with van der Waals surface area (Å²) in [4.78, 5) is 3.60. The highest BCUT2D eigenvalue weighted by atomic mass is 19.4. The van der Waals surface area contributed by atoms with E-state index in [0.717, 1.165) is 6.07 Å². The SMILES string of the molecule is FC(F)(F)c1cccc2cc[c]nc12. The van der Waals surface area contributed by atoms with Crippen LogP contribution in [0.3, 0.4) is 0 Å². The molecule has 1 radical (unpaired) electrons. The van der Waals surface area contributed by atoms with Crippen molar-refractivity contribution in [1.29, 1.82) is 0 Å². The van der Waals surface area contributed by atoms with Gasteiger partial charge in [0.15, 0.2) is 0 Å². The molecule has 0 amide bonds. The molecule has 0 aliphatic carbocycles. The summed E-state index contributed by atoms with van der Waals surface area (Å²) in [7, 11) is 0. The number of para-hydroxylation sites is 1. The Balaban J connectivity index is 2.78. The van der Waals surface area contributed by atoms with Gasteiger partial charge in [0.05, 0.1) is 17.3 Å². The normalized spacial score (nSPS) is 11.9. The van der Waals surface area contributed by atoms with Gasteiger partial charge < -0.3 is 0 Å². The molecule has 0 N–H and O–H groups in total. The average molecular weight is 196 g/mol. The summed E-state index contributed by atoms with van der Waals surface area (Å²) in [5.74, 6) is 0. The van der Waals surface area contributed by atoms with Crippen LogP contribution in [0.25, 0.3) is 10.9 Å². The van der Waals surface area contributed by atoms with Gasteiger partial charge in [-0.3, -0.25) is 0 Å². The van der Waals surface area contributed by atoms with Crippen LogP contribution in [0.15, 0.2) is 30.3 Å². The number of alkyl halides is 3. The summed E-state index contributed by atoms with van der Waals surface area (Å²) < 4.78 is 37.4. The van der Waals surface area contributed by atoms with Gasteiger partial charge in [-0.1, -0.05) is 18.2 Å². The van der Waals surface area contributed by atoms with Gasteiger partial charge >= 0.3 is 6.18 Å². The lowest BCUT2D eigenvalue weighted by Crippen LogP contribution is -2.06. The van der Waals surface area contributed by atoms with Gasteiger partial charge in [-0.2, -0.15) is 13.2 Å². The number of hydrogen-bond donors (Lipinski definition) is 0. The summed E-state index contributed by atoms with van der Waals surface area (Å²) in [6.45, 7) is 0. The van der Waals surface area contributed by atoms with E-state index in [1.807, 2.05) is 0 Å². The van der Waals surface area contributed by atoms with Crippen molar-refractivity contribution >= 4 is 10.9 Å². The van der Waals surface area contributed by atoms with Crippen molar-refractivity contribution < 1.29 is 13.2 Å². The molecule has 71 valence electrons. The predicted octanol–water partition coefficient (Wildman–Crippen LogP) is 3.05. The Kier molecular flexibility index (Phi) is 1.91. The zero-order valence-corrected chi connectivity index (χ0v) is 6.97. The van der Waals surface area contributed by atoms with E-state index in [1.165, 1.54) is 12.1 Å². The number of fused-ring (bicyclic) bond motifs is 1. The fraction of sp³-hybridized carbons (Fsp3) is 0.100. The molecule has 1 aromatic heterocycles. The summed E-state index contributed by atoms with van der Waals surface area (Å²) in [6.07, 6.45) is -1.96. The molecule has 0 aliphatic heterocycles. The van der Waals surface area contributed by atoms with Crippen molar-refractivity contribution in [2.45, 2.75) is 6.18 Å². The maximum absolute atomic E-state index is 12.5. The summed E-state index contributed by atoms with van der Waals surface area (Å²) in [6, 6.07) is 7.02. The largest absolute Gasteiger partial charge is 0.418 e. The number of halogens is 3. The van der Waals surface area contributed by atoms with Gasteiger partial charge in [0.1, 0.15) is 0 Å². The van der Waals surface area contributed by atoms with Crippen molar-refractivity contribution in [2.24, 2.45) is 0 Å². The second-order valence-corrected chi connectivity index (χ2v) is 2.82. The summed E-state index contributed by atoms with van der Waals surface area (Å²) in [5.41, 5.74) is -0.769. The van der Waals surface area contributed by atoms with E-state index in [-0.39, 0.29) is 5.52 Å². The van der Waals surface area contributed by atoms with Gasteiger partial charge in [-0.25, -0.2) is 4.98 Å². The van der Waals surface area contributed by atoms with Gasteiger partial charge in [0.2, 0.25) is 0 Å². The Morgan fingerprint density at radius 1 is 1.14 bits per heavy atom. The van der Waals surface area contributed by atoms with E-state index in [0.29, 0.717) is 5.39 Å². The highest BCUT2D eigenvalue weighted by Gasteiger charge is 2.32. The molecule has 0 saturated heterocycles. The first-order valence-electron chi connectivity index (χ1n) is 3.92. The molecule has 1 nitrogen and oxygen atoms in total. The minimum Gasteiger partial charge on any atom is -0.246 e. The Morgan fingerprint density at radius 2 is 1.93 bits per heavy atom. The van der Waals surface area contributed by atoms with E-state index < -0.39 is 11.7 Å². The molecule has 14 heavy (non-hydrogen) atoms. The fourth-order valence-corrected chi connectivity index (χ4v) is 1.28. The van der Waals surface area contributed by atoms with Crippen LogP contribution in [0.1, 0.15) is 5.56 Å². The number of benzene rings is 1. The third kappa shape index (κ3) is 1.43. The Bertz CT molecular complexity index is 457. The second kappa shape index (κ2) is 2.97. The highest BCUT2D eigenvalue weighted by Crippen LogP contribution is 2.33. The topological polar surface area (TPSA) is 12.9 Å². The molecule has 0 aliphatic rings. The third-order valence-electron chi connectivity index (χ3n) is 1.89. The molecule has 0 bridgehead atoms. The minimum atomic E-state index is -4.36. The van der Waals surface area contributed by atoms with Crippen LogP contribution in [0.4, 0.5) is 13.2 Å². The van der Waals surface area contributed by atoms with E-state index in [2.05, 4.69) is 11.2 Å². The summed E-state index contributed by atoms with van der Waals surface area (Å²) >= 11 is 0. The molecule has 1 heterocycles. The van der Waals surface area contributed by atoms with Gasteiger partial charge in [-0.05, 0) is 12.1 Å². The van der Waals surface area contributed by atoms with Gasteiger partial charge in [0.25, 0.3) is 0 Å². The van der Waals surface area contributed by atoms with Gasteiger partial charge in [-0.15, -0.1) is 0 Å². The number of aromatic nitrogens is 1. The minimum absolute atomic E-state index is 0.0532. The average Bonchev–Trinajstić information content (AvgIpc) is 2.15. The molecule has 0 saturated carbocycles. The zero-order chi connectivity index (χ0) is 10.2. The van der Waals surface area contributed by atoms with Crippen LogP contribution in [0, 0.1) is 6.20 Å². The maximum Gasteiger partial charge on any atom is 0.418 e. The number of rotatable bonds is 0. The molecule has 2 rings (SSSR count). The maximum atomic E-state index is 12.5. The lowest BCUT2D eigenvalue weighted by atomic mass is 10.1. The molecule has 1 aromatic carbocycles. The smallest absolute Gasteiger partial charge is 0.246 e. The van der Waals surface area contributed by atoms with Crippen LogP contribution >= 0.6 is 0 Å². The quantitative estimate of drug-likeness (QED) is 0.631. The molecule has 0 atom stereocenters. The van der Waals surface area contributed by atoms with Crippen molar-refractivity contribution in [3.8, 4) is 0 Å². The van der Waals surface area contributed by atoms with Crippen LogP contribution in [0.5, 0.6) is 0 Å². The molecular formula is C10H5F3N. The van der Waals surface area contributed by atoms with E-state index in [9.17, 15) is 13.2 Å². The van der Waals surface area contributed by atoms with Crippen LogP contribution < -0.4 is 0 Å². The molecular weight excluding hydrogens is 191 g/mol. The fourth-order valence-electron chi connectivity index (χ4n) is 1.28. The Hall–Kier alpha value is -1.58. The lowest BCUT2D eigenvalue weighted by Gasteiger charge is -2.08. The molecule has 0 unspecified atom stereocenters. The van der Waals surface area contributed by atoms with E-state index in [1.54, 1.807) is 12.1 Å². The van der Waals surface area contributed by atoms with E-state index >= 15 is 0 Å². The lowest BCUT2D eigenvalue weighted by molar-refractivity contribution is -0.136. The number of hydrogen-bond acceptors (Lipinski definition) is 1. The first-order valence-corrected chi connectivity index (χ1v) is 3.92. The zero-order valence-electron chi connectivity index (χ0n) is 6.97. The second-order valence-electron chi connectivity index (χ2n) is 2.82. The molecule has 4 heteroatoms. The number of pyridine rings is 1. The van der Waals surface area contributed by atoms with E-state index in [4.69, 9.17) is 0 Å². The third-order valence-corrected chi connectivity index (χ3v) is 1.89. The standard InChI is InChI=1S/C10H5F3N/c11-10(12,13)8-5-1-3-7-4-2-6-14-9(7)8/h1-5H. The first kappa shape index (κ1) is 8.99. The van der Waals surface area contributed by atoms with Gasteiger partial charge in [0, 0.05) is 5.39 Å². The Labute approximate surface area is 78.2 Å². The monoisotopic (exact) mass is 196 g/mol. The molecule has 0 fully saturated rings.